The standard InChI is InChI=1S/2C9H22OSi.2C4H10O.Ti/c2*1-4-7-11(10,8-5-2)9-6-3;2*1-2-3-4-5;/h2*10H,4-9H2,1-3H3;2*5H,2-4H2,1H3;. The number of aliphatic hydroxyl groups excluding tert-OH is 2. The molecule has 204 valence electrons. The van der Waals surface area contributed by atoms with Crippen molar-refractivity contribution in [2.45, 2.75) is 156 Å². The number of unbranched alkanes of at least 4 members (excludes halogenated alkanes) is 2. The van der Waals surface area contributed by atoms with Crippen molar-refractivity contribution in [3.05, 3.63) is 0 Å². The molecule has 0 aromatic carbocycles. The summed E-state index contributed by atoms with van der Waals surface area (Å²) < 4.78 is 0. The fraction of sp³-hybridized carbons (Fsp3) is 1.00. The smallest absolute Gasteiger partial charge is 0.188 e. The van der Waals surface area contributed by atoms with E-state index in [-0.39, 0.29) is 21.7 Å². The predicted octanol–water partition coefficient (Wildman–Crippen LogP) is 7.86. The van der Waals surface area contributed by atoms with E-state index in [1.54, 1.807) is 0 Å². The molecule has 0 atom stereocenters. The van der Waals surface area contributed by atoms with Crippen LogP contribution in [0.25, 0.3) is 0 Å². The van der Waals surface area contributed by atoms with Gasteiger partial charge in [-0.2, -0.15) is 0 Å². The third kappa shape index (κ3) is 37.7. The predicted molar refractivity (Wildman–Crippen MR) is 151 cm³/mol. The summed E-state index contributed by atoms with van der Waals surface area (Å²) in [5.74, 6) is 0. The molecule has 0 saturated heterocycles. The van der Waals surface area contributed by atoms with E-state index in [1.165, 1.54) is 0 Å². The van der Waals surface area contributed by atoms with Crippen molar-refractivity contribution >= 4 is 16.6 Å². The van der Waals surface area contributed by atoms with Gasteiger partial charge in [0, 0.05) is 34.9 Å². The molecule has 0 radical (unpaired) electrons. The van der Waals surface area contributed by atoms with Crippen molar-refractivity contribution in [3.8, 4) is 0 Å². The summed E-state index contributed by atoms with van der Waals surface area (Å²) in [6.45, 7) is 17.8. The fourth-order valence-corrected chi connectivity index (χ4v) is 10.9. The zero-order chi connectivity index (χ0) is 25.7. The molecule has 0 bridgehead atoms. The molecule has 0 fully saturated rings. The molecule has 0 aliphatic rings. The monoisotopic (exact) mass is 544 g/mol. The Bertz CT molecular complexity index is 257. The van der Waals surface area contributed by atoms with Crippen LogP contribution >= 0.6 is 0 Å². The van der Waals surface area contributed by atoms with Crippen LogP contribution in [-0.2, 0) is 21.7 Å². The largest absolute Gasteiger partial charge is 0.432 e. The molecule has 0 aromatic heterocycles. The third-order valence-electron chi connectivity index (χ3n) is 5.32. The minimum Gasteiger partial charge on any atom is -0.432 e. The van der Waals surface area contributed by atoms with E-state index in [2.05, 4.69) is 55.4 Å². The molecule has 0 aromatic rings. The van der Waals surface area contributed by atoms with Crippen molar-refractivity contribution in [2.24, 2.45) is 0 Å². The normalized spacial score (nSPS) is 10.5. The van der Waals surface area contributed by atoms with Crippen molar-refractivity contribution < 1.29 is 41.5 Å². The third-order valence-corrected chi connectivity index (χ3v) is 13.9. The summed E-state index contributed by atoms with van der Waals surface area (Å²) >= 11 is 0. The van der Waals surface area contributed by atoms with Crippen LogP contribution in [0.2, 0.25) is 36.3 Å². The summed E-state index contributed by atoms with van der Waals surface area (Å²) in [6, 6.07) is 6.64. The Labute approximate surface area is 226 Å². The second-order valence-corrected chi connectivity index (χ2v) is 17.0. The van der Waals surface area contributed by atoms with E-state index in [0.717, 1.165) is 100 Å². The molecular formula is C26H64O4Si2Ti. The molecule has 4 nitrogen and oxygen atoms in total. The van der Waals surface area contributed by atoms with E-state index in [1.807, 2.05) is 0 Å². The molecular weight excluding hydrogens is 480 g/mol. The molecule has 4 N–H and O–H groups in total. The van der Waals surface area contributed by atoms with Gasteiger partial charge < -0.3 is 19.8 Å². The SMILES string of the molecule is CCCCO.CCCCO.CCC[Si](O)(CCC)CCC.CCC[Si](O)(CCC)CCC.[Ti]. The van der Waals surface area contributed by atoms with Gasteiger partial charge in [0.15, 0.2) is 16.6 Å². The molecule has 33 heavy (non-hydrogen) atoms. The number of aliphatic hydroxyl groups is 2. The van der Waals surface area contributed by atoms with Crippen LogP contribution in [-0.4, -0.2) is 49.7 Å². The molecule has 0 aliphatic heterocycles. The maximum atomic E-state index is 10.2. The van der Waals surface area contributed by atoms with Crippen LogP contribution in [0.3, 0.4) is 0 Å². The van der Waals surface area contributed by atoms with Gasteiger partial charge in [0.2, 0.25) is 0 Å². The van der Waals surface area contributed by atoms with Crippen LogP contribution in [0.5, 0.6) is 0 Å². The zero-order valence-electron chi connectivity index (χ0n) is 24.0. The molecule has 0 saturated carbocycles. The second kappa shape index (κ2) is 35.2. The molecule has 0 unspecified atom stereocenters. The Kier molecular flexibility index (Phi) is 46.9. The first-order valence-corrected chi connectivity index (χ1v) is 19.0. The van der Waals surface area contributed by atoms with E-state index in [9.17, 15) is 9.59 Å². The topological polar surface area (TPSA) is 80.9 Å². The summed E-state index contributed by atoms with van der Waals surface area (Å²) in [6.07, 6.45) is 11.0. The van der Waals surface area contributed by atoms with Gasteiger partial charge in [-0.3, -0.25) is 0 Å². The van der Waals surface area contributed by atoms with Crippen molar-refractivity contribution in [3.63, 3.8) is 0 Å². The first-order valence-electron chi connectivity index (χ1n) is 13.9. The summed E-state index contributed by atoms with van der Waals surface area (Å²) in [4.78, 5) is 20.3. The van der Waals surface area contributed by atoms with Gasteiger partial charge in [-0.25, -0.2) is 0 Å². The van der Waals surface area contributed by atoms with Gasteiger partial charge in [-0.15, -0.1) is 0 Å². The summed E-state index contributed by atoms with van der Waals surface area (Å²) in [7, 11) is -3.50. The van der Waals surface area contributed by atoms with Crippen molar-refractivity contribution in [1.29, 1.82) is 0 Å². The number of hydrogen-bond acceptors (Lipinski definition) is 4. The van der Waals surface area contributed by atoms with Crippen LogP contribution in [0, 0.1) is 0 Å². The average Bonchev–Trinajstić information content (AvgIpc) is 2.71. The number of hydrogen-bond donors (Lipinski definition) is 4. The first kappa shape index (κ1) is 44.0. The molecule has 0 rings (SSSR count). The second-order valence-electron chi connectivity index (χ2n) is 9.10. The molecule has 7 heteroatoms. The van der Waals surface area contributed by atoms with Gasteiger partial charge in [0.25, 0.3) is 0 Å². The minimum atomic E-state index is -1.75. The quantitative estimate of drug-likeness (QED) is 0.149. The van der Waals surface area contributed by atoms with E-state index < -0.39 is 16.6 Å². The van der Waals surface area contributed by atoms with Crippen LogP contribution < -0.4 is 0 Å². The summed E-state index contributed by atoms with van der Waals surface area (Å²) in [5, 5.41) is 16.1. The minimum absolute atomic E-state index is 0. The van der Waals surface area contributed by atoms with Gasteiger partial charge in [0.1, 0.15) is 0 Å². The Morgan fingerprint density at radius 3 is 0.636 bits per heavy atom. The first-order chi connectivity index (χ1) is 15.2. The van der Waals surface area contributed by atoms with Crippen molar-refractivity contribution in [1.82, 2.24) is 0 Å². The maximum absolute atomic E-state index is 10.2. The average molecular weight is 545 g/mol. The Morgan fingerprint density at radius 2 is 0.576 bits per heavy atom. The van der Waals surface area contributed by atoms with Gasteiger partial charge in [0.05, 0.1) is 0 Å². The van der Waals surface area contributed by atoms with Crippen LogP contribution in [0.4, 0.5) is 0 Å². The van der Waals surface area contributed by atoms with Crippen molar-refractivity contribution in [2.75, 3.05) is 13.2 Å². The Balaban J connectivity index is -0.000000112. The summed E-state index contributed by atoms with van der Waals surface area (Å²) in [5.41, 5.74) is 0. The van der Waals surface area contributed by atoms with Gasteiger partial charge in [-0.1, -0.05) is 107 Å². The Morgan fingerprint density at radius 1 is 0.394 bits per heavy atom. The Hall–Kier alpha value is 0.988. The van der Waals surface area contributed by atoms with Gasteiger partial charge in [-0.05, 0) is 49.1 Å². The van der Waals surface area contributed by atoms with Gasteiger partial charge >= 0.3 is 0 Å². The maximum Gasteiger partial charge on any atom is 0.188 e. The van der Waals surface area contributed by atoms with E-state index in [0.29, 0.717) is 13.2 Å². The van der Waals surface area contributed by atoms with E-state index in [4.69, 9.17) is 10.2 Å². The fourth-order valence-electron chi connectivity index (χ4n) is 3.86. The molecule has 0 aliphatic carbocycles. The number of rotatable bonds is 16. The van der Waals surface area contributed by atoms with E-state index >= 15 is 0 Å². The van der Waals surface area contributed by atoms with Crippen LogP contribution in [0.1, 0.15) is 120 Å². The zero-order valence-corrected chi connectivity index (χ0v) is 27.6. The molecule has 0 heterocycles. The molecule has 0 amide bonds. The van der Waals surface area contributed by atoms with Crippen LogP contribution in [0.15, 0.2) is 0 Å². The molecule has 0 spiro atoms.